The average molecular weight is 431 g/mol. The molecule has 158 valence electrons. The van der Waals surface area contributed by atoms with Crippen LogP contribution in [-0.2, 0) is 17.6 Å². The van der Waals surface area contributed by atoms with Gasteiger partial charge >= 0.3 is 0 Å². The summed E-state index contributed by atoms with van der Waals surface area (Å²) in [7, 11) is 0. The van der Waals surface area contributed by atoms with E-state index in [1.54, 1.807) is 6.08 Å². The number of anilines is 2. The number of hydrogen-bond acceptors (Lipinski definition) is 5. The van der Waals surface area contributed by atoms with Gasteiger partial charge in [0.15, 0.2) is 0 Å². The predicted molar refractivity (Wildman–Crippen MR) is 125 cm³/mol. The third-order valence-corrected chi connectivity index (χ3v) is 7.36. The van der Waals surface area contributed by atoms with E-state index >= 15 is 0 Å². The molecule has 1 N–H and O–H groups in total. The van der Waals surface area contributed by atoms with Gasteiger partial charge in [-0.2, -0.15) is 10.5 Å². The minimum absolute atomic E-state index is 0.0454. The van der Waals surface area contributed by atoms with Crippen LogP contribution in [0.1, 0.15) is 59.2 Å². The van der Waals surface area contributed by atoms with Crippen molar-refractivity contribution in [2.75, 3.05) is 23.3 Å². The SMILES string of the molecule is Cc1cc(N2CCCCC2)ccc1C=C(C#N)C(=O)Nc1sc2c(c1C#N)CCCC2. The number of thiophene rings is 1. The number of nitrogens with one attached hydrogen (secondary N) is 1. The molecule has 2 aliphatic rings. The molecule has 0 spiro atoms. The fourth-order valence-corrected chi connectivity index (χ4v) is 5.65. The number of fused-ring (bicyclic) bond motifs is 1. The first-order valence-electron chi connectivity index (χ1n) is 10.9. The van der Waals surface area contributed by atoms with Crippen molar-refractivity contribution < 1.29 is 4.79 Å². The highest BCUT2D eigenvalue weighted by Gasteiger charge is 2.23. The van der Waals surface area contributed by atoms with Gasteiger partial charge in [-0.1, -0.05) is 6.07 Å². The van der Waals surface area contributed by atoms with E-state index in [0.29, 0.717) is 10.6 Å². The maximum atomic E-state index is 12.8. The summed E-state index contributed by atoms with van der Waals surface area (Å²) in [6, 6.07) is 10.5. The molecule has 1 amide bonds. The molecule has 5 nitrogen and oxygen atoms in total. The molecule has 0 radical (unpaired) electrons. The molecule has 31 heavy (non-hydrogen) atoms. The van der Waals surface area contributed by atoms with E-state index in [0.717, 1.165) is 55.5 Å². The Morgan fingerprint density at radius 2 is 1.90 bits per heavy atom. The van der Waals surface area contributed by atoms with Gasteiger partial charge in [0.25, 0.3) is 5.91 Å². The molecular formula is C25H26N4OS. The Hall–Kier alpha value is -3.09. The van der Waals surface area contributed by atoms with Crippen LogP contribution in [0.25, 0.3) is 6.08 Å². The lowest BCUT2D eigenvalue weighted by Gasteiger charge is -2.29. The van der Waals surface area contributed by atoms with Crippen molar-refractivity contribution in [2.45, 2.75) is 51.9 Å². The van der Waals surface area contributed by atoms with Crippen LogP contribution < -0.4 is 10.2 Å². The Morgan fingerprint density at radius 3 is 2.61 bits per heavy atom. The van der Waals surface area contributed by atoms with Gasteiger partial charge in [0.1, 0.15) is 22.7 Å². The van der Waals surface area contributed by atoms with Crippen molar-refractivity contribution >= 4 is 34.0 Å². The van der Waals surface area contributed by atoms with Crippen LogP contribution in [-0.4, -0.2) is 19.0 Å². The van der Waals surface area contributed by atoms with E-state index in [1.165, 1.54) is 41.2 Å². The number of piperidine rings is 1. The smallest absolute Gasteiger partial charge is 0.266 e. The lowest BCUT2D eigenvalue weighted by Crippen LogP contribution is -2.29. The van der Waals surface area contributed by atoms with Crippen molar-refractivity contribution in [1.29, 1.82) is 10.5 Å². The zero-order valence-electron chi connectivity index (χ0n) is 17.8. The fraction of sp³-hybridized carbons (Fsp3) is 0.400. The van der Waals surface area contributed by atoms with E-state index in [1.807, 2.05) is 19.1 Å². The maximum Gasteiger partial charge on any atom is 0.266 e. The van der Waals surface area contributed by atoms with E-state index in [-0.39, 0.29) is 5.57 Å². The zero-order chi connectivity index (χ0) is 21.8. The minimum Gasteiger partial charge on any atom is -0.372 e. The van der Waals surface area contributed by atoms with Crippen molar-refractivity contribution in [3.63, 3.8) is 0 Å². The minimum atomic E-state index is -0.461. The Balaban J connectivity index is 1.55. The first-order valence-corrected chi connectivity index (χ1v) is 11.8. The summed E-state index contributed by atoms with van der Waals surface area (Å²) in [5, 5.41) is 22.6. The third kappa shape index (κ3) is 4.50. The molecule has 1 aromatic carbocycles. The van der Waals surface area contributed by atoms with Crippen LogP contribution in [0.15, 0.2) is 23.8 Å². The monoisotopic (exact) mass is 430 g/mol. The summed E-state index contributed by atoms with van der Waals surface area (Å²) in [6.45, 7) is 4.16. The number of nitrogens with zero attached hydrogens (tertiary/aromatic N) is 3. The zero-order valence-corrected chi connectivity index (χ0v) is 18.6. The summed E-state index contributed by atoms with van der Waals surface area (Å²) in [5.74, 6) is -0.461. The molecule has 1 aromatic heterocycles. The highest BCUT2D eigenvalue weighted by molar-refractivity contribution is 7.16. The highest BCUT2D eigenvalue weighted by Crippen LogP contribution is 2.37. The first kappa shape index (κ1) is 21.2. The molecule has 0 unspecified atom stereocenters. The van der Waals surface area contributed by atoms with Gasteiger partial charge in [-0.3, -0.25) is 4.79 Å². The standard InChI is InChI=1S/C25H26N4OS/c1-17-13-20(29-11-5-2-6-12-29)10-9-18(17)14-19(15-26)24(30)28-25-22(16-27)21-7-3-4-8-23(21)31-25/h9-10,13-14H,2-8,11-12H2,1H3,(H,28,30). The van der Waals surface area contributed by atoms with Crippen LogP contribution in [0.4, 0.5) is 10.7 Å². The molecule has 1 fully saturated rings. The Bertz CT molecular complexity index is 1110. The van der Waals surface area contributed by atoms with Gasteiger partial charge < -0.3 is 10.2 Å². The second-order valence-electron chi connectivity index (χ2n) is 8.24. The van der Waals surface area contributed by atoms with E-state index in [9.17, 15) is 15.3 Å². The largest absolute Gasteiger partial charge is 0.372 e. The van der Waals surface area contributed by atoms with Crippen LogP contribution in [0.5, 0.6) is 0 Å². The number of nitriles is 2. The van der Waals surface area contributed by atoms with Gasteiger partial charge in [-0.25, -0.2) is 0 Å². The maximum absolute atomic E-state index is 12.8. The second-order valence-corrected chi connectivity index (χ2v) is 9.34. The Kier molecular flexibility index (Phi) is 6.39. The number of benzene rings is 1. The molecule has 0 bridgehead atoms. The lowest BCUT2D eigenvalue weighted by molar-refractivity contribution is -0.112. The second kappa shape index (κ2) is 9.37. The Labute approximate surface area is 187 Å². The van der Waals surface area contributed by atoms with Crippen LogP contribution in [0, 0.1) is 29.6 Å². The summed E-state index contributed by atoms with van der Waals surface area (Å²) in [5.41, 5.74) is 4.77. The Morgan fingerprint density at radius 1 is 1.13 bits per heavy atom. The summed E-state index contributed by atoms with van der Waals surface area (Å²) in [6.07, 6.45) is 9.39. The molecular weight excluding hydrogens is 404 g/mol. The number of carbonyl (C=O) groups excluding carboxylic acids is 1. The van der Waals surface area contributed by atoms with Gasteiger partial charge in [0.2, 0.25) is 0 Å². The van der Waals surface area contributed by atoms with Crippen molar-refractivity contribution in [2.24, 2.45) is 0 Å². The van der Waals surface area contributed by atoms with Crippen molar-refractivity contribution in [3.05, 3.63) is 50.9 Å². The molecule has 1 aliphatic heterocycles. The van der Waals surface area contributed by atoms with Crippen molar-refractivity contribution in [1.82, 2.24) is 0 Å². The predicted octanol–water partition coefficient (Wildman–Crippen LogP) is 5.34. The van der Waals surface area contributed by atoms with E-state index < -0.39 is 5.91 Å². The molecule has 1 aliphatic carbocycles. The highest BCUT2D eigenvalue weighted by atomic mass is 32.1. The fourth-order valence-electron chi connectivity index (χ4n) is 4.42. The van der Waals surface area contributed by atoms with Crippen molar-refractivity contribution in [3.8, 4) is 12.1 Å². The molecule has 1 saturated heterocycles. The molecule has 6 heteroatoms. The van der Waals surface area contributed by atoms with E-state index in [2.05, 4.69) is 28.4 Å². The van der Waals surface area contributed by atoms with Crippen LogP contribution in [0.3, 0.4) is 0 Å². The number of aryl methyl sites for hydroxylation is 2. The number of carbonyl (C=O) groups is 1. The quantitative estimate of drug-likeness (QED) is 0.524. The molecule has 4 rings (SSSR count). The third-order valence-electron chi connectivity index (χ3n) is 6.15. The molecule has 2 heterocycles. The van der Waals surface area contributed by atoms with E-state index in [4.69, 9.17) is 0 Å². The van der Waals surface area contributed by atoms with Crippen LogP contribution >= 0.6 is 11.3 Å². The average Bonchev–Trinajstić information content (AvgIpc) is 3.15. The van der Waals surface area contributed by atoms with Crippen LogP contribution in [0.2, 0.25) is 0 Å². The number of amides is 1. The summed E-state index contributed by atoms with van der Waals surface area (Å²) in [4.78, 5) is 16.4. The topological polar surface area (TPSA) is 79.9 Å². The number of rotatable bonds is 4. The normalized spacial score (nSPS) is 16.2. The number of hydrogen-bond donors (Lipinski definition) is 1. The molecule has 2 aromatic rings. The summed E-state index contributed by atoms with van der Waals surface area (Å²) >= 11 is 1.47. The molecule has 0 saturated carbocycles. The molecule has 0 atom stereocenters. The first-order chi connectivity index (χ1) is 15.1. The van der Waals surface area contributed by atoms with Gasteiger partial charge in [0, 0.05) is 23.7 Å². The van der Waals surface area contributed by atoms with Gasteiger partial charge in [-0.15, -0.1) is 11.3 Å². The van der Waals surface area contributed by atoms with Gasteiger partial charge in [0.05, 0.1) is 5.56 Å². The lowest BCUT2D eigenvalue weighted by atomic mass is 9.96. The van der Waals surface area contributed by atoms with Gasteiger partial charge in [-0.05, 0) is 86.8 Å². The summed E-state index contributed by atoms with van der Waals surface area (Å²) < 4.78 is 0.